The van der Waals surface area contributed by atoms with E-state index in [4.69, 9.17) is 0 Å². The maximum atomic E-state index is 11.4. The second-order valence-electron chi connectivity index (χ2n) is 5.13. The van der Waals surface area contributed by atoms with Crippen molar-refractivity contribution in [1.82, 2.24) is 15.1 Å². The van der Waals surface area contributed by atoms with Gasteiger partial charge in [0.15, 0.2) is 0 Å². The molecule has 1 atom stereocenters. The zero-order valence-electron chi connectivity index (χ0n) is 12.1. The average molecular weight is 267 g/mol. The van der Waals surface area contributed by atoms with Gasteiger partial charge in [-0.25, -0.2) is 0 Å². The molecule has 0 saturated carbocycles. The Morgan fingerprint density at radius 3 is 2.63 bits per heavy atom. The van der Waals surface area contributed by atoms with Crippen molar-refractivity contribution in [2.45, 2.75) is 52.6 Å². The molecule has 0 bridgehead atoms. The van der Waals surface area contributed by atoms with Crippen LogP contribution in [0.1, 0.15) is 40.0 Å². The number of hydrogen-bond acceptors (Lipinski definition) is 3. The van der Waals surface area contributed by atoms with Crippen molar-refractivity contribution in [1.29, 1.82) is 0 Å². The van der Waals surface area contributed by atoms with Crippen LogP contribution in [0.3, 0.4) is 0 Å². The highest BCUT2D eigenvalue weighted by Crippen LogP contribution is 2.25. The molecule has 0 aliphatic carbocycles. The Kier molecular flexibility index (Phi) is 6.02. The Hall–Kier alpha value is -1.36. The minimum absolute atomic E-state index is 0.279. The van der Waals surface area contributed by atoms with Gasteiger partial charge in [0.05, 0.1) is 5.41 Å². The third-order valence-corrected chi connectivity index (χ3v) is 3.95. The number of nitrogens with one attached hydrogen (secondary N) is 1. The molecule has 0 radical (unpaired) electrons. The van der Waals surface area contributed by atoms with E-state index in [1.54, 1.807) is 6.20 Å². The molecule has 1 aromatic rings. The SMILES string of the molecule is CCC(CC)(CNC(C)CCn1cccn1)C(=O)O. The Morgan fingerprint density at radius 1 is 1.47 bits per heavy atom. The van der Waals surface area contributed by atoms with Crippen molar-refractivity contribution in [2.24, 2.45) is 5.41 Å². The Bertz CT molecular complexity index is 372. The standard InChI is InChI=1S/C14H25N3O2/c1-4-14(5-2,13(18)19)11-15-12(3)7-10-17-9-6-8-16-17/h6,8-9,12,15H,4-5,7,10-11H2,1-3H3,(H,18,19). The summed E-state index contributed by atoms with van der Waals surface area (Å²) in [5.41, 5.74) is -0.639. The summed E-state index contributed by atoms with van der Waals surface area (Å²) < 4.78 is 1.89. The second-order valence-corrected chi connectivity index (χ2v) is 5.13. The molecule has 1 rings (SSSR count). The molecule has 5 nitrogen and oxygen atoms in total. The van der Waals surface area contributed by atoms with Gasteiger partial charge in [0.2, 0.25) is 0 Å². The fourth-order valence-electron chi connectivity index (χ4n) is 2.11. The number of carbonyl (C=O) groups is 1. The first-order valence-corrected chi connectivity index (χ1v) is 6.98. The molecule has 0 aromatic carbocycles. The lowest BCUT2D eigenvalue weighted by atomic mass is 9.82. The van der Waals surface area contributed by atoms with Gasteiger partial charge >= 0.3 is 5.97 Å². The van der Waals surface area contributed by atoms with E-state index in [1.165, 1.54) is 0 Å². The Balaban J connectivity index is 2.39. The molecule has 1 aromatic heterocycles. The number of aryl methyl sites for hydroxylation is 1. The van der Waals surface area contributed by atoms with E-state index in [1.807, 2.05) is 30.8 Å². The molecule has 5 heteroatoms. The number of rotatable bonds is 9. The first-order valence-electron chi connectivity index (χ1n) is 6.98. The van der Waals surface area contributed by atoms with Crippen molar-refractivity contribution in [3.05, 3.63) is 18.5 Å². The summed E-state index contributed by atoms with van der Waals surface area (Å²) in [5.74, 6) is -0.704. The first kappa shape index (κ1) is 15.7. The van der Waals surface area contributed by atoms with Crippen molar-refractivity contribution in [3.63, 3.8) is 0 Å². The number of hydrogen-bond donors (Lipinski definition) is 2. The summed E-state index contributed by atoms with van der Waals surface area (Å²) in [6, 6.07) is 2.18. The summed E-state index contributed by atoms with van der Waals surface area (Å²) in [6.45, 7) is 7.33. The summed E-state index contributed by atoms with van der Waals surface area (Å²) >= 11 is 0. The second kappa shape index (κ2) is 7.28. The van der Waals surface area contributed by atoms with Crippen LogP contribution >= 0.6 is 0 Å². The van der Waals surface area contributed by atoms with E-state index in [2.05, 4.69) is 17.3 Å². The zero-order valence-corrected chi connectivity index (χ0v) is 12.1. The molecule has 0 spiro atoms. The topological polar surface area (TPSA) is 67.2 Å². The monoisotopic (exact) mass is 267 g/mol. The van der Waals surface area contributed by atoms with Gasteiger partial charge < -0.3 is 10.4 Å². The molecule has 2 N–H and O–H groups in total. The highest BCUT2D eigenvalue weighted by atomic mass is 16.4. The van der Waals surface area contributed by atoms with Crippen LogP contribution in [0.5, 0.6) is 0 Å². The van der Waals surface area contributed by atoms with Crippen LogP contribution in [-0.2, 0) is 11.3 Å². The fraction of sp³-hybridized carbons (Fsp3) is 0.714. The molecule has 1 unspecified atom stereocenters. The van der Waals surface area contributed by atoms with Gasteiger partial charge in [0.25, 0.3) is 0 Å². The van der Waals surface area contributed by atoms with Crippen molar-refractivity contribution >= 4 is 5.97 Å². The quantitative estimate of drug-likeness (QED) is 0.719. The molecule has 0 amide bonds. The zero-order chi connectivity index (χ0) is 14.3. The Labute approximate surface area is 115 Å². The highest BCUT2D eigenvalue weighted by Gasteiger charge is 2.34. The predicted molar refractivity (Wildman–Crippen MR) is 75.0 cm³/mol. The van der Waals surface area contributed by atoms with Crippen LogP contribution in [0.25, 0.3) is 0 Å². The molecule has 19 heavy (non-hydrogen) atoms. The van der Waals surface area contributed by atoms with E-state index in [-0.39, 0.29) is 6.04 Å². The summed E-state index contributed by atoms with van der Waals surface area (Å²) in [4.78, 5) is 11.4. The molecular weight excluding hydrogens is 242 g/mol. The van der Waals surface area contributed by atoms with Gasteiger partial charge in [0, 0.05) is 31.5 Å². The molecular formula is C14H25N3O2. The summed E-state index contributed by atoms with van der Waals surface area (Å²) in [6.07, 6.45) is 5.94. The molecule has 108 valence electrons. The van der Waals surface area contributed by atoms with Gasteiger partial charge in [-0.1, -0.05) is 13.8 Å². The number of nitrogens with zero attached hydrogens (tertiary/aromatic N) is 2. The maximum absolute atomic E-state index is 11.4. The van der Waals surface area contributed by atoms with Crippen LogP contribution in [0.15, 0.2) is 18.5 Å². The Morgan fingerprint density at radius 2 is 2.16 bits per heavy atom. The smallest absolute Gasteiger partial charge is 0.310 e. The van der Waals surface area contributed by atoms with Gasteiger partial charge in [-0.3, -0.25) is 9.48 Å². The number of aromatic nitrogens is 2. The van der Waals surface area contributed by atoms with Gasteiger partial charge in [-0.05, 0) is 32.3 Å². The summed E-state index contributed by atoms with van der Waals surface area (Å²) in [7, 11) is 0. The first-order chi connectivity index (χ1) is 9.04. The van der Waals surface area contributed by atoms with Gasteiger partial charge in [-0.15, -0.1) is 0 Å². The van der Waals surface area contributed by atoms with Crippen LogP contribution in [-0.4, -0.2) is 33.4 Å². The van der Waals surface area contributed by atoms with Crippen molar-refractivity contribution in [3.8, 4) is 0 Å². The van der Waals surface area contributed by atoms with Crippen LogP contribution in [0.2, 0.25) is 0 Å². The lowest BCUT2D eigenvalue weighted by Crippen LogP contribution is -2.43. The fourth-order valence-corrected chi connectivity index (χ4v) is 2.11. The van der Waals surface area contributed by atoms with E-state index in [0.29, 0.717) is 19.4 Å². The molecule has 0 aliphatic rings. The molecule has 0 fully saturated rings. The van der Waals surface area contributed by atoms with E-state index >= 15 is 0 Å². The van der Waals surface area contributed by atoms with E-state index < -0.39 is 11.4 Å². The normalized spacial score (nSPS) is 13.4. The molecule has 1 heterocycles. The average Bonchev–Trinajstić information content (AvgIpc) is 2.91. The lowest BCUT2D eigenvalue weighted by Gasteiger charge is -2.28. The largest absolute Gasteiger partial charge is 0.481 e. The minimum atomic E-state index is -0.704. The van der Waals surface area contributed by atoms with E-state index in [0.717, 1.165) is 13.0 Å². The third-order valence-electron chi connectivity index (χ3n) is 3.95. The number of aliphatic carboxylic acids is 1. The number of carboxylic acids is 1. The van der Waals surface area contributed by atoms with Crippen molar-refractivity contribution in [2.75, 3.05) is 6.54 Å². The van der Waals surface area contributed by atoms with Crippen LogP contribution in [0, 0.1) is 5.41 Å². The summed E-state index contributed by atoms with van der Waals surface area (Å²) in [5, 5.41) is 16.9. The van der Waals surface area contributed by atoms with Crippen LogP contribution < -0.4 is 5.32 Å². The van der Waals surface area contributed by atoms with Crippen molar-refractivity contribution < 1.29 is 9.90 Å². The minimum Gasteiger partial charge on any atom is -0.481 e. The highest BCUT2D eigenvalue weighted by molar-refractivity contribution is 5.74. The van der Waals surface area contributed by atoms with Crippen LogP contribution in [0.4, 0.5) is 0 Å². The lowest BCUT2D eigenvalue weighted by molar-refractivity contribution is -0.149. The third kappa shape index (κ3) is 4.35. The molecule has 0 aliphatic heterocycles. The van der Waals surface area contributed by atoms with Gasteiger partial charge in [-0.2, -0.15) is 5.10 Å². The van der Waals surface area contributed by atoms with E-state index in [9.17, 15) is 9.90 Å². The van der Waals surface area contributed by atoms with Gasteiger partial charge in [0.1, 0.15) is 0 Å². The predicted octanol–water partition coefficient (Wildman–Crippen LogP) is 2.14. The molecule has 0 saturated heterocycles. The number of carboxylic acid groups (broad SMARTS) is 1. The maximum Gasteiger partial charge on any atom is 0.310 e.